The molecule has 4 heteroatoms. The van der Waals surface area contributed by atoms with Gasteiger partial charge in [-0.15, -0.1) is 0 Å². The lowest BCUT2D eigenvalue weighted by Gasteiger charge is -2.04. The van der Waals surface area contributed by atoms with Crippen LogP contribution in [-0.4, -0.2) is 28.8 Å². The average molecular weight is 244 g/mol. The zero-order valence-corrected chi connectivity index (χ0v) is 10.3. The van der Waals surface area contributed by atoms with Crippen molar-refractivity contribution in [1.29, 1.82) is 0 Å². The van der Waals surface area contributed by atoms with Crippen molar-refractivity contribution < 1.29 is 9.84 Å². The Labute approximate surface area is 106 Å². The fourth-order valence-corrected chi connectivity index (χ4v) is 1.68. The number of aromatic nitrogens is 2. The number of benzene rings is 1. The van der Waals surface area contributed by atoms with Crippen LogP contribution in [0.25, 0.3) is 11.3 Å². The molecule has 2 rings (SSSR count). The van der Waals surface area contributed by atoms with Crippen LogP contribution < -0.4 is 4.74 Å². The van der Waals surface area contributed by atoms with Gasteiger partial charge in [-0.3, -0.25) is 0 Å². The van der Waals surface area contributed by atoms with Crippen molar-refractivity contribution in [2.45, 2.75) is 12.8 Å². The summed E-state index contributed by atoms with van der Waals surface area (Å²) in [6.45, 7) is 0.163. The number of nitrogens with zero attached hydrogens (tertiary/aromatic N) is 2. The molecule has 94 valence electrons. The molecule has 1 heterocycles. The molecule has 0 bridgehead atoms. The number of hydrogen-bond donors (Lipinski definition) is 1. The Balaban J connectivity index is 2.20. The van der Waals surface area contributed by atoms with Gasteiger partial charge in [0, 0.05) is 24.8 Å². The molecule has 0 aliphatic carbocycles. The smallest absolute Gasteiger partial charge is 0.129 e. The second kappa shape index (κ2) is 6.12. The first-order valence-corrected chi connectivity index (χ1v) is 5.90. The normalized spacial score (nSPS) is 10.3. The predicted octanol–water partition coefficient (Wildman–Crippen LogP) is 2.08. The summed E-state index contributed by atoms with van der Waals surface area (Å²) in [4.78, 5) is 8.66. The van der Waals surface area contributed by atoms with Crippen LogP contribution in [0.5, 0.6) is 5.75 Å². The van der Waals surface area contributed by atoms with Gasteiger partial charge in [0.25, 0.3) is 0 Å². The van der Waals surface area contributed by atoms with Gasteiger partial charge >= 0.3 is 0 Å². The number of methoxy groups -OCH3 is 1. The van der Waals surface area contributed by atoms with E-state index in [9.17, 15) is 0 Å². The summed E-state index contributed by atoms with van der Waals surface area (Å²) >= 11 is 0. The third kappa shape index (κ3) is 3.05. The molecule has 18 heavy (non-hydrogen) atoms. The summed E-state index contributed by atoms with van der Waals surface area (Å²) in [7, 11) is 1.65. The Bertz CT molecular complexity index is 497. The summed E-state index contributed by atoms with van der Waals surface area (Å²) in [6.07, 6.45) is 3.13. The number of aryl methyl sites for hydroxylation is 1. The van der Waals surface area contributed by atoms with E-state index in [2.05, 4.69) is 9.97 Å². The van der Waals surface area contributed by atoms with Gasteiger partial charge in [-0.1, -0.05) is 0 Å². The number of aliphatic hydroxyl groups excluding tert-OH is 1. The Morgan fingerprint density at radius 3 is 2.61 bits per heavy atom. The highest BCUT2D eigenvalue weighted by molar-refractivity contribution is 5.59. The molecule has 4 nitrogen and oxygen atoms in total. The third-order valence-electron chi connectivity index (χ3n) is 2.65. The van der Waals surface area contributed by atoms with Crippen molar-refractivity contribution in [3.05, 3.63) is 42.4 Å². The molecule has 1 aromatic heterocycles. The first-order valence-electron chi connectivity index (χ1n) is 5.90. The van der Waals surface area contributed by atoms with E-state index in [0.717, 1.165) is 22.8 Å². The van der Waals surface area contributed by atoms with Crippen LogP contribution >= 0.6 is 0 Å². The number of hydrogen-bond acceptors (Lipinski definition) is 4. The van der Waals surface area contributed by atoms with E-state index in [1.165, 1.54) is 0 Å². The van der Waals surface area contributed by atoms with Crippen molar-refractivity contribution in [1.82, 2.24) is 9.97 Å². The van der Waals surface area contributed by atoms with Gasteiger partial charge in [0.2, 0.25) is 0 Å². The molecule has 0 saturated carbocycles. The Hall–Kier alpha value is -1.94. The molecule has 2 aromatic rings. The average Bonchev–Trinajstić information content (AvgIpc) is 2.45. The summed E-state index contributed by atoms with van der Waals surface area (Å²) in [5.41, 5.74) is 1.92. The first-order chi connectivity index (χ1) is 8.83. The second-order valence-corrected chi connectivity index (χ2v) is 3.91. The number of ether oxygens (including phenoxy) is 1. The summed E-state index contributed by atoms with van der Waals surface area (Å²) in [5.74, 6) is 1.59. The van der Waals surface area contributed by atoms with E-state index in [1.807, 2.05) is 30.3 Å². The maximum Gasteiger partial charge on any atom is 0.129 e. The maximum absolute atomic E-state index is 8.80. The van der Waals surface area contributed by atoms with Crippen LogP contribution in [0.3, 0.4) is 0 Å². The molecule has 0 unspecified atom stereocenters. The number of rotatable bonds is 5. The van der Waals surface area contributed by atoms with Crippen LogP contribution in [-0.2, 0) is 6.42 Å². The molecular weight excluding hydrogens is 228 g/mol. The highest BCUT2D eigenvalue weighted by Crippen LogP contribution is 2.20. The van der Waals surface area contributed by atoms with E-state index in [0.29, 0.717) is 12.8 Å². The lowest BCUT2D eigenvalue weighted by Crippen LogP contribution is -1.98. The van der Waals surface area contributed by atoms with Crippen LogP contribution in [0.1, 0.15) is 12.2 Å². The minimum absolute atomic E-state index is 0.163. The fourth-order valence-electron chi connectivity index (χ4n) is 1.68. The summed E-state index contributed by atoms with van der Waals surface area (Å²) in [6, 6.07) is 9.63. The maximum atomic E-state index is 8.80. The topological polar surface area (TPSA) is 55.2 Å². The van der Waals surface area contributed by atoms with Gasteiger partial charge in [-0.05, 0) is 36.8 Å². The van der Waals surface area contributed by atoms with Crippen molar-refractivity contribution >= 4 is 0 Å². The Morgan fingerprint density at radius 2 is 1.94 bits per heavy atom. The van der Waals surface area contributed by atoms with Crippen LogP contribution in [0.15, 0.2) is 36.5 Å². The molecule has 0 amide bonds. The standard InChI is InChI=1S/C14H16N2O2/c1-18-12-6-4-11(5-7-12)13-8-9-15-14(16-13)3-2-10-17/h4-9,17H,2-3,10H2,1H3. The molecule has 0 saturated heterocycles. The van der Waals surface area contributed by atoms with Crippen molar-refractivity contribution in [3.63, 3.8) is 0 Å². The summed E-state index contributed by atoms with van der Waals surface area (Å²) < 4.78 is 5.12. The third-order valence-corrected chi connectivity index (χ3v) is 2.65. The fraction of sp³-hybridized carbons (Fsp3) is 0.286. The molecule has 0 atom stereocenters. The quantitative estimate of drug-likeness (QED) is 0.874. The van der Waals surface area contributed by atoms with E-state index >= 15 is 0 Å². The number of aliphatic hydroxyl groups is 1. The van der Waals surface area contributed by atoms with Crippen molar-refractivity contribution in [3.8, 4) is 17.0 Å². The highest BCUT2D eigenvalue weighted by Gasteiger charge is 2.02. The van der Waals surface area contributed by atoms with Crippen molar-refractivity contribution in [2.24, 2.45) is 0 Å². The van der Waals surface area contributed by atoms with E-state index in [-0.39, 0.29) is 6.61 Å². The van der Waals surface area contributed by atoms with Crippen LogP contribution in [0, 0.1) is 0 Å². The first kappa shape index (κ1) is 12.5. The zero-order chi connectivity index (χ0) is 12.8. The minimum Gasteiger partial charge on any atom is -0.497 e. The SMILES string of the molecule is COc1ccc(-c2ccnc(CCCO)n2)cc1. The van der Waals surface area contributed by atoms with Gasteiger partial charge < -0.3 is 9.84 Å². The molecule has 0 spiro atoms. The van der Waals surface area contributed by atoms with Gasteiger partial charge in [-0.25, -0.2) is 9.97 Å². The molecule has 0 aliphatic rings. The molecular formula is C14H16N2O2. The Kier molecular flexibility index (Phi) is 4.25. The zero-order valence-electron chi connectivity index (χ0n) is 10.3. The summed E-state index contributed by atoms with van der Waals surface area (Å²) in [5, 5.41) is 8.80. The molecule has 0 aliphatic heterocycles. The van der Waals surface area contributed by atoms with E-state index in [1.54, 1.807) is 13.3 Å². The van der Waals surface area contributed by atoms with Gasteiger partial charge in [0.15, 0.2) is 0 Å². The van der Waals surface area contributed by atoms with Crippen molar-refractivity contribution in [2.75, 3.05) is 13.7 Å². The molecule has 0 radical (unpaired) electrons. The lowest BCUT2D eigenvalue weighted by atomic mass is 10.1. The second-order valence-electron chi connectivity index (χ2n) is 3.91. The largest absolute Gasteiger partial charge is 0.497 e. The molecule has 1 aromatic carbocycles. The lowest BCUT2D eigenvalue weighted by molar-refractivity contribution is 0.287. The highest BCUT2D eigenvalue weighted by atomic mass is 16.5. The van der Waals surface area contributed by atoms with E-state index < -0.39 is 0 Å². The van der Waals surface area contributed by atoms with Crippen LogP contribution in [0.2, 0.25) is 0 Å². The van der Waals surface area contributed by atoms with Gasteiger partial charge in [0.05, 0.1) is 12.8 Å². The van der Waals surface area contributed by atoms with Crippen LogP contribution in [0.4, 0.5) is 0 Å². The minimum atomic E-state index is 0.163. The van der Waals surface area contributed by atoms with Gasteiger partial charge in [0.1, 0.15) is 11.6 Å². The molecule has 0 fully saturated rings. The monoisotopic (exact) mass is 244 g/mol. The molecule has 1 N–H and O–H groups in total. The Morgan fingerprint density at radius 1 is 1.17 bits per heavy atom. The predicted molar refractivity (Wildman–Crippen MR) is 69.4 cm³/mol. The van der Waals surface area contributed by atoms with Gasteiger partial charge in [-0.2, -0.15) is 0 Å². The van der Waals surface area contributed by atoms with E-state index in [4.69, 9.17) is 9.84 Å².